The highest BCUT2D eigenvalue weighted by molar-refractivity contribution is 5.76. The first-order chi connectivity index (χ1) is 9.66. The second kappa shape index (κ2) is 7.39. The molecule has 1 aromatic rings. The zero-order chi connectivity index (χ0) is 14.4. The highest BCUT2D eigenvalue weighted by Gasteiger charge is 2.23. The summed E-state index contributed by atoms with van der Waals surface area (Å²) in [5, 5.41) is 3.47. The molecule has 1 aliphatic rings. The number of rotatable bonds is 6. The summed E-state index contributed by atoms with van der Waals surface area (Å²) < 4.78 is 0. The van der Waals surface area contributed by atoms with Gasteiger partial charge in [0.2, 0.25) is 5.91 Å². The maximum atomic E-state index is 12.4. The highest BCUT2D eigenvalue weighted by Crippen LogP contribution is 2.12. The molecule has 1 aromatic heterocycles. The fraction of sp³-hybridized carbons (Fsp3) is 0.625. The van der Waals surface area contributed by atoms with Crippen LogP contribution in [0.1, 0.15) is 38.7 Å². The van der Waals surface area contributed by atoms with Crippen molar-refractivity contribution in [1.29, 1.82) is 0 Å². The number of aryl methyl sites for hydroxylation is 1. The monoisotopic (exact) mass is 275 g/mol. The van der Waals surface area contributed by atoms with E-state index in [0.29, 0.717) is 12.5 Å². The van der Waals surface area contributed by atoms with E-state index in [2.05, 4.69) is 24.1 Å². The zero-order valence-corrected chi connectivity index (χ0v) is 12.5. The van der Waals surface area contributed by atoms with Crippen molar-refractivity contribution < 1.29 is 4.79 Å². The van der Waals surface area contributed by atoms with Crippen LogP contribution in [0.3, 0.4) is 0 Å². The number of carbonyl (C=O) groups is 1. The quantitative estimate of drug-likeness (QED) is 0.863. The average molecular weight is 275 g/mol. The molecule has 1 fully saturated rings. The Morgan fingerprint density at radius 1 is 1.45 bits per heavy atom. The van der Waals surface area contributed by atoms with Crippen LogP contribution in [0.15, 0.2) is 24.5 Å². The molecule has 1 saturated heterocycles. The Balaban J connectivity index is 1.86. The van der Waals surface area contributed by atoms with Gasteiger partial charge in [0, 0.05) is 37.4 Å². The molecule has 2 rings (SSSR count). The van der Waals surface area contributed by atoms with Crippen LogP contribution in [0.25, 0.3) is 0 Å². The summed E-state index contributed by atoms with van der Waals surface area (Å²) in [4.78, 5) is 18.4. The number of nitrogens with one attached hydrogen (secondary N) is 1. The average Bonchev–Trinajstić information content (AvgIpc) is 2.96. The standard InChI is InChI=1S/C16H25N3O/c1-13(2)19(12-15-4-3-9-18-15)16(20)6-5-14-7-10-17-11-8-14/h7-8,10-11,13,15,18H,3-6,9,12H2,1-2H3. The van der Waals surface area contributed by atoms with Gasteiger partial charge in [0.15, 0.2) is 0 Å². The molecule has 4 nitrogen and oxygen atoms in total. The van der Waals surface area contributed by atoms with Gasteiger partial charge in [-0.15, -0.1) is 0 Å². The van der Waals surface area contributed by atoms with Gasteiger partial charge >= 0.3 is 0 Å². The molecule has 20 heavy (non-hydrogen) atoms. The van der Waals surface area contributed by atoms with Gasteiger partial charge < -0.3 is 10.2 Å². The van der Waals surface area contributed by atoms with E-state index >= 15 is 0 Å². The van der Waals surface area contributed by atoms with Gasteiger partial charge in [-0.25, -0.2) is 0 Å². The van der Waals surface area contributed by atoms with E-state index in [-0.39, 0.29) is 11.9 Å². The summed E-state index contributed by atoms with van der Waals surface area (Å²) in [5.74, 6) is 0.255. The van der Waals surface area contributed by atoms with Crippen LogP contribution in [0.4, 0.5) is 0 Å². The van der Waals surface area contributed by atoms with Crippen molar-refractivity contribution in [2.24, 2.45) is 0 Å². The number of hydrogen-bond donors (Lipinski definition) is 1. The summed E-state index contributed by atoms with van der Waals surface area (Å²) in [6, 6.07) is 4.70. The predicted octanol–water partition coefficient (Wildman–Crippen LogP) is 2.00. The minimum atomic E-state index is 0.255. The number of amides is 1. The van der Waals surface area contributed by atoms with Crippen LogP contribution in [-0.4, -0.2) is 41.0 Å². The highest BCUT2D eigenvalue weighted by atomic mass is 16.2. The van der Waals surface area contributed by atoms with Gasteiger partial charge in [-0.3, -0.25) is 9.78 Å². The maximum Gasteiger partial charge on any atom is 0.223 e. The molecule has 1 atom stereocenters. The fourth-order valence-electron chi connectivity index (χ4n) is 2.69. The topological polar surface area (TPSA) is 45.2 Å². The molecule has 1 aliphatic heterocycles. The fourth-order valence-corrected chi connectivity index (χ4v) is 2.69. The van der Waals surface area contributed by atoms with E-state index < -0.39 is 0 Å². The Morgan fingerprint density at radius 3 is 2.80 bits per heavy atom. The summed E-state index contributed by atoms with van der Waals surface area (Å²) >= 11 is 0. The first-order valence-corrected chi connectivity index (χ1v) is 7.58. The van der Waals surface area contributed by atoms with Crippen LogP contribution >= 0.6 is 0 Å². The van der Waals surface area contributed by atoms with Crippen molar-refractivity contribution in [3.05, 3.63) is 30.1 Å². The molecule has 0 aromatic carbocycles. The van der Waals surface area contributed by atoms with E-state index in [0.717, 1.165) is 19.5 Å². The largest absolute Gasteiger partial charge is 0.339 e. The smallest absolute Gasteiger partial charge is 0.223 e. The van der Waals surface area contributed by atoms with E-state index in [1.54, 1.807) is 12.4 Å². The van der Waals surface area contributed by atoms with Crippen molar-refractivity contribution >= 4 is 5.91 Å². The summed E-state index contributed by atoms with van der Waals surface area (Å²) in [5.41, 5.74) is 1.18. The number of hydrogen-bond acceptors (Lipinski definition) is 3. The Hall–Kier alpha value is -1.42. The molecular weight excluding hydrogens is 250 g/mol. The Morgan fingerprint density at radius 2 is 2.20 bits per heavy atom. The lowest BCUT2D eigenvalue weighted by Gasteiger charge is -2.29. The molecular formula is C16H25N3O. The molecule has 0 saturated carbocycles. The van der Waals surface area contributed by atoms with Crippen molar-refractivity contribution in [2.45, 2.75) is 51.6 Å². The van der Waals surface area contributed by atoms with Gasteiger partial charge in [-0.2, -0.15) is 0 Å². The van der Waals surface area contributed by atoms with Crippen molar-refractivity contribution in [2.75, 3.05) is 13.1 Å². The third kappa shape index (κ3) is 4.30. The molecule has 1 unspecified atom stereocenters. The predicted molar refractivity (Wildman–Crippen MR) is 80.4 cm³/mol. The Bertz CT molecular complexity index is 413. The van der Waals surface area contributed by atoms with Crippen LogP contribution in [0.5, 0.6) is 0 Å². The Kier molecular flexibility index (Phi) is 5.53. The molecule has 4 heteroatoms. The first-order valence-electron chi connectivity index (χ1n) is 7.58. The normalized spacial score (nSPS) is 18.4. The molecule has 110 valence electrons. The van der Waals surface area contributed by atoms with Gasteiger partial charge in [0.1, 0.15) is 0 Å². The van der Waals surface area contributed by atoms with E-state index in [1.807, 2.05) is 17.0 Å². The summed E-state index contributed by atoms with van der Waals surface area (Å²) in [6.07, 6.45) is 7.34. The lowest BCUT2D eigenvalue weighted by atomic mass is 10.1. The second-order valence-corrected chi connectivity index (χ2v) is 5.79. The number of nitrogens with zero attached hydrogens (tertiary/aromatic N) is 2. The zero-order valence-electron chi connectivity index (χ0n) is 12.5. The van der Waals surface area contributed by atoms with Crippen LogP contribution in [-0.2, 0) is 11.2 Å². The third-order valence-electron chi connectivity index (χ3n) is 3.90. The maximum absolute atomic E-state index is 12.4. The number of pyridine rings is 1. The van der Waals surface area contributed by atoms with Crippen molar-refractivity contribution in [1.82, 2.24) is 15.2 Å². The van der Waals surface area contributed by atoms with Crippen LogP contribution in [0.2, 0.25) is 0 Å². The second-order valence-electron chi connectivity index (χ2n) is 5.79. The van der Waals surface area contributed by atoms with E-state index in [1.165, 1.54) is 18.4 Å². The lowest BCUT2D eigenvalue weighted by molar-refractivity contribution is -0.133. The molecule has 0 aliphatic carbocycles. The van der Waals surface area contributed by atoms with Gasteiger partial charge in [-0.1, -0.05) is 0 Å². The van der Waals surface area contributed by atoms with Gasteiger partial charge in [0.25, 0.3) is 0 Å². The molecule has 0 spiro atoms. The number of aromatic nitrogens is 1. The third-order valence-corrected chi connectivity index (χ3v) is 3.90. The summed E-state index contributed by atoms with van der Waals surface area (Å²) in [7, 11) is 0. The summed E-state index contributed by atoms with van der Waals surface area (Å²) in [6.45, 7) is 6.12. The Labute approximate surface area is 121 Å². The molecule has 0 radical (unpaired) electrons. The molecule has 0 bridgehead atoms. The molecule has 1 N–H and O–H groups in total. The lowest BCUT2D eigenvalue weighted by Crippen LogP contribution is -2.44. The van der Waals surface area contributed by atoms with Gasteiger partial charge in [0.05, 0.1) is 0 Å². The van der Waals surface area contributed by atoms with Crippen LogP contribution in [0, 0.1) is 0 Å². The van der Waals surface area contributed by atoms with E-state index in [4.69, 9.17) is 0 Å². The van der Waals surface area contributed by atoms with Gasteiger partial charge in [-0.05, 0) is 57.4 Å². The minimum absolute atomic E-state index is 0.255. The number of carbonyl (C=O) groups excluding carboxylic acids is 1. The molecule has 2 heterocycles. The van der Waals surface area contributed by atoms with Crippen LogP contribution < -0.4 is 5.32 Å². The van der Waals surface area contributed by atoms with Crippen molar-refractivity contribution in [3.63, 3.8) is 0 Å². The first kappa shape index (κ1) is 15.0. The molecule has 1 amide bonds. The minimum Gasteiger partial charge on any atom is -0.339 e. The van der Waals surface area contributed by atoms with Crippen molar-refractivity contribution in [3.8, 4) is 0 Å². The van der Waals surface area contributed by atoms with E-state index in [9.17, 15) is 4.79 Å². The SMILES string of the molecule is CC(C)N(CC1CCCN1)C(=O)CCc1ccncc1.